The van der Waals surface area contributed by atoms with E-state index in [0.717, 1.165) is 12.8 Å². The van der Waals surface area contributed by atoms with Crippen molar-refractivity contribution in [2.75, 3.05) is 20.2 Å². The van der Waals surface area contributed by atoms with Gasteiger partial charge in [0.2, 0.25) is 10.0 Å². The van der Waals surface area contributed by atoms with E-state index in [2.05, 4.69) is 12.1 Å². The van der Waals surface area contributed by atoms with Crippen molar-refractivity contribution in [1.82, 2.24) is 9.46 Å². The summed E-state index contributed by atoms with van der Waals surface area (Å²) in [6.45, 7) is 2.84. The van der Waals surface area contributed by atoms with Crippen LogP contribution < -0.4 is 10.5 Å². The maximum absolute atomic E-state index is 13.2. The van der Waals surface area contributed by atoms with Crippen LogP contribution in [0.1, 0.15) is 19.8 Å². The minimum Gasteiger partial charge on any atom is -0.495 e. The summed E-state index contributed by atoms with van der Waals surface area (Å²) in [7, 11) is -2.26. The van der Waals surface area contributed by atoms with E-state index < -0.39 is 10.0 Å². The third-order valence-electron chi connectivity index (χ3n) is 4.62. The molecule has 1 aliphatic heterocycles. The molecule has 0 spiro atoms. The minimum atomic E-state index is -3.71. The summed E-state index contributed by atoms with van der Waals surface area (Å²) < 4.78 is 38.2. The zero-order valence-electron chi connectivity index (χ0n) is 14.4. The lowest BCUT2D eigenvalue weighted by atomic mass is 9.99. The summed E-state index contributed by atoms with van der Waals surface area (Å²) in [6, 6.07) is 6.48. The van der Waals surface area contributed by atoms with Gasteiger partial charge in [0.25, 0.3) is 0 Å². The monoisotopic (exact) mass is 365 g/mol. The van der Waals surface area contributed by atoms with Crippen molar-refractivity contribution in [1.29, 1.82) is 0 Å². The van der Waals surface area contributed by atoms with Crippen LogP contribution in [0.2, 0.25) is 0 Å². The van der Waals surface area contributed by atoms with Crippen molar-refractivity contribution in [3.63, 3.8) is 0 Å². The Hall–Kier alpha value is -1.90. The molecule has 2 N–H and O–H groups in total. The molecule has 1 fully saturated rings. The number of nitrogens with zero attached hydrogens (tertiary/aromatic N) is 2. The van der Waals surface area contributed by atoms with E-state index in [4.69, 9.17) is 15.0 Å². The lowest BCUT2D eigenvalue weighted by Crippen LogP contribution is -2.32. The Morgan fingerprint density at radius 1 is 1.36 bits per heavy atom. The standard InChI is InChI=1S/C17H23N3O4S/c1-3-4-13-10-20(11-14(13)18)25(21,22)17-9-12(5-6-16(17)23-2)15-7-8-19-24-15/h5-9,13-14H,3-4,10-11,18H2,1-2H3/t13-,14-/m0/s1. The number of nitrogens with two attached hydrogens (primary N) is 1. The van der Waals surface area contributed by atoms with Crippen LogP contribution in [-0.2, 0) is 10.0 Å². The molecule has 136 valence electrons. The van der Waals surface area contributed by atoms with Gasteiger partial charge in [-0.05, 0) is 30.5 Å². The molecule has 0 unspecified atom stereocenters. The van der Waals surface area contributed by atoms with Gasteiger partial charge in [-0.3, -0.25) is 0 Å². The molecule has 1 aliphatic rings. The third kappa shape index (κ3) is 3.42. The van der Waals surface area contributed by atoms with Gasteiger partial charge >= 0.3 is 0 Å². The largest absolute Gasteiger partial charge is 0.495 e. The van der Waals surface area contributed by atoms with E-state index in [1.807, 2.05) is 0 Å². The maximum Gasteiger partial charge on any atom is 0.246 e. The number of aromatic nitrogens is 1. The summed E-state index contributed by atoms with van der Waals surface area (Å²) >= 11 is 0. The SMILES string of the molecule is CCC[C@H]1CN(S(=O)(=O)c2cc(-c3ccno3)ccc2OC)C[C@@H]1N. The summed E-state index contributed by atoms with van der Waals surface area (Å²) in [4.78, 5) is 0.119. The highest BCUT2D eigenvalue weighted by atomic mass is 32.2. The lowest BCUT2D eigenvalue weighted by Gasteiger charge is -2.18. The topological polar surface area (TPSA) is 98.7 Å². The number of hydrogen-bond donors (Lipinski definition) is 1. The molecule has 8 heteroatoms. The van der Waals surface area contributed by atoms with Gasteiger partial charge in [-0.25, -0.2) is 8.42 Å². The normalized spacial score (nSPS) is 21.6. The number of ether oxygens (including phenoxy) is 1. The van der Waals surface area contributed by atoms with Crippen LogP contribution in [0.25, 0.3) is 11.3 Å². The van der Waals surface area contributed by atoms with Crippen LogP contribution in [0.3, 0.4) is 0 Å². The van der Waals surface area contributed by atoms with E-state index >= 15 is 0 Å². The first kappa shape index (κ1) is 17.9. The molecule has 1 aromatic heterocycles. The smallest absolute Gasteiger partial charge is 0.246 e. The molecule has 2 atom stereocenters. The fourth-order valence-corrected chi connectivity index (χ4v) is 4.98. The molecular weight excluding hydrogens is 342 g/mol. The first-order chi connectivity index (χ1) is 12.0. The van der Waals surface area contributed by atoms with E-state index in [9.17, 15) is 8.42 Å². The Bertz CT molecular complexity index is 820. The van der Waals surface area contributed by atoms with Gasteiger partial charge < -0.3 is 15.0 Å². The minimum absolute atomic E-state index is 0.119. The van der Waals surface area contributed by atoms with Crippen molar-refractivity contribution in [3.05, 3.63) is 30.5 Å². The van der Waals surface area contributed by atoms with Crippen LogP contribution in [0.5, 0.6) is 5.75 Å². The second-order valence-corrected chi connectivity index (χ2v) is 8.18. The van der Waals surface area contributed by atoms with E-state index in [-0.39, 0.29) is 16.9 Å². The van der Waals surface area contributed by atoms with Crippen molar-refractivity contribution >= 4 is 10.0 Å². The molecule has 25 heavy (non-hydrogen) atoms. The fraction of sp³-hybridized carbons (Fsp3) is 0.471. The Morgan fingerprint density at radius 3 is 2.80 bits per heavy atom. The molecule has 0 amide bonds. The van der Waals surface area contributed by atoms with Gasteiger partial charge in [0.05, 0.1) is 13.3 Å². The number of hydrogen-bond acceptors (Lipinski definition) is 6. The van der Waals surface area contributed by atoms with Crippen LogP contribution in [0.15, 0.2) is 39.9 Å². The Labute approximate surface area is 147 Å². The van der Waals surface area contributed by atoms with Crippen molar-refractivity contribution in [2.45, 2.75) is 30.7 Å². The van der Waals surface area contributed by atoms with Gasteiger partial charge in [-0.1, -0.05) is 18.5 Å². The van der Waals surface area contributed by atoms with Gasteiger partial charge in [0.15, 0.2) is 5.76 Å². The van der Waals surface area contributed by atoms with Crippen LogP contribution in [0, 0.1) is 5.92 Å². The molecule has 7 nitrogen and oxygen atoms in total. The Kier molecular flexibility index (Phi) is 5.12. The average Bonchev–Trinajstić information content (AvgIpc) is 3.25. The highest BCUT2D eigenvalue weighted by Gasteiger charge is 2.38. The van der Waals surface area contributed by atoms with E-state index in [1.54, 1.807) is 24.3 Å². The number of methoxy groups -OCH3 is 1. The maximum atomic E-state index is 13.2. The van der Waals surface area contributed by atoms with Crippen LogP contribution >= 0.6 is 0 Å². The summed E-state index contributed by atoms with van der Waals surface area (Å²) in [5.74, 6) is 0.986. The molecule has 1 saturated heterocycles. The Balaban J connectivity index is 1.98. The highest BCUT2D eigenvalue weighted by Crippen LogP contribution is 2.34. The quantitative estimate of drug-likeness (QED) is 0.842. The molecule has 0 aliphatic carbocycles. The first-order valence-electron chi connectivity index (χ1n) is 8.32. The molecule has 0 bridgehead atoms. The average molecular weight is 365 g/mol. The van der Waals surface area contributed by atoms with Crippen LogP contribution in [-0.4, -0.2) is 44.1 Å². The number of benzene rings is 1. The summed E-state index contributed by atoms with van der Waals surface area (Å²) in [5, 5.41) is 3.67. The Morgan fingerprint density at radius 2 is 2.16 bits per heavy atom. The predicted molar refractivity (Wildman–Crippen MR) is 93.6 cm³/mol. The molecule has 1 aromatic carbocycles. The lowest BCUT2D eigenvalue weighted by molar-refractivity contribution is 0.396. The van der Waals surface area contributed by atoms with Crippen molar-refractivity contribution < 1.29 is 17.7 Å². The predicted octanol–water partition coefficient (Wildman–Crippen LogP) is 2.10. The molecule has 3 rings (SSSR count). The zero-order valence-corrected chi connectivity index (χ0v) is 15.2. The molecule has 0 saturated carbocycles. The molecule has 2 aromatic rings. The fourth-order valence-electron chi connectivity index (χ4n) is 3.26. The van der Waals surface area contributed by atoms with Gasteiger partial charge in [0, 0.05) is 30.8 Å². The van der Waals surface area contributed by atoms with Crippen molar-refractivity contribution in [3.8, 4) is 17.1 Å². The third-order valence-corrected chi connectivity index (χ3v) is 6.47. The van der Waals surface area contributed by atoms with Crippen LogP contribution in [0.4, 0.5) is 0 Å². The van der Waals surface area contributed by atoms with Crippen molar-refractivity contribution in [2.24, 2.45) is 11.7 Å². The number of sulfonamides is 1. The summed E-state index contributed by atoms with van der Waals surface area (Å²) in [6.07, 6.45) is 3.42. The number of rotatable bonds is 6. The first-order valence-corrected chi connectivity index (χ1v) is 9.76. The summed E-state index contributed by atoms with van der Waals surface area (Å²) in [5.41, 5.74) is 6.78. The highest BCUT2D eigenvalue weighted by molar-refractivity contribution is 7.89. The second kappa shape index (κ2) is 7.15. The molecule has 2 heterocycles. The molecular formula is C17H23N3O4S. The van der Waals surface area contributed by atoms with Gasteiger partial charge in [-0.15, -0.1) is 0 Å². The van der Waals surface area contributed by atoms with E-state index in [0.29, 0.717) is 30.2 Å². The second-order valence-electron chi connectivity index (χ2n) is 6.28. The zero-order chi connectivity index (χ0) is 18.0. The van der Waals surface area contributed by atoms with E-state index in [1.165, 1.54) is 17.6 Å². The molecule has 0 radical (unpaired) electrons. The van der Waals surface area contributed by atoms with Gasteiger partial charge in [0.1, 0.15) is 10.6 Å². The van der Waals surface area contributed by atoms with Gasteiger partial charge in [-0.2, -0.15) is 4.31 Å².